The zero-order valence-corrected chi connectivity index (χ0v) is 78.7. The van der Waals surface area contributed by atoms with Crippen LogP contribution in [0.15, 0.2) is 135 Å². The summed E-state index contributed by atoms with van der Waals surface area (Å²) < 4.78 is 182. The molecule has 0 aliphatic carbocycles. The summed E-state index contributed by atoms with van der Waals surface area (Å²) in [7, 11) is 0. The monoisotopic (exact) mass is 2090 g/mol. The molecule has 0 saturated carbocycles. The molecule has 6 amide bonds. The van der Waals surface area contributed by atoms with E-state index in [1.165, 1.54) is 62.9 Å². The number of nitrogens with zero attached hydrogens (tertiary/aromatic N) is 18. The average molecular weight is 2100 g/mol. The van der Waals surface area contributed by atoms with E-state index in [4.69, 9.17) is 46.4 Å². The maximum absolute atomic E-state index is 15.1. The van der Waals surface area contributed by atoms with Crippen LogP contribution in [-0.4, -0.2) is 284 Å². The number of carbonyl (C=O) groups excluding carboxylic acids is 6. The fourth-order valence-corrected chi connectivity index (χ4v) is 23.3. The molecule has 12 aromatic rings. The maximum atomic E-state index is 15.1. The standard InChI is InChI=1S/C23H23ClF3N7O2.C21H19ClF4N6OS2.C21H19ClF3N7O2.C20H17ClF4N6OS2/c1-13(2)7-19(35)33-5-6-34(17(11-33)22(36)31-12-23(25,26)27)18-3-4-28-21(32-18)16-10-30-20-15(16)8-14(24)9-29-20;22-11-4-12-13(7-28-16(12)27-6-11)17-29-8-14(23)18(31-17)32-10-20(34-2-1-3-35-20)5-15(32)19(33)30-9-21(24,25)26;1-2-17(33)31-5-6-32(15(10-31)20(34)29-11-21(23,24)25)16-3-4-26-19(30-16)14-9-28-18-13(14)7-12(22)8-27-18;21-10-3-11-12(6-27-15(11)26-5-10)16-28-7-13(22)17(30-16)31-9-19(33-1-2-34-19)4-14(31)18(32)29-8-20(23,24)25/h3-4,7-10,17H,5-6,11-12H2,1-2H3,(H,29,30)(H,31,36);4,6-8,15H,1-3,5,9-10H2,(H,27,28)(H,30,33);2-4,7-9,15H,1,5-6,10-11H2,(H,27,28)(H,29,34);3,5-7,14H,1-2,4,8-9H2,(H,26,27)(H,29,32)/t17-;2*15-;14-/m1111/s1. The molecule has 32 nitrogen and oxygen atoms in total. The molecule has 139 heavy (non-hydrogen) atoms. The minimum absolute atomic E-state index is 0.0990. The summed E-state index contributed by atoms with van der Waals surface area (Å²) in [6, 6.07) is 5.70. The van der Waals surface area contributed by atoms with E-state index in [0.717, 1.165) is 53.5 Å². The third-order valence-corrected chi connectivity index (χ3v) is 29.9. The number of piperazine rings is 2. The second-order valence-corrected chi connectivity index (χ2v) is 40.4. The lowest BCUT2D eigenvalue weighted by molar-refractivity contribution is -0.140. The number of halogens is 18. The van der Waals surface area contributed by atoms with E-state index in [1.54, 1.807) is 132 Å². The van der Waals surface area contributed by atoms with Crippen molar-refractivity contribution in [3.8, 4) is 45.6 Å². The predicted molar refractivity (Wildman–Crippen MR) is 501 cm³/mol. The lowest BCUT2D eigenvalue weighted by Gasteiger charge is -2.41. The number of aromatic amines is 4. The first-order chi connectivity index (χ1) is 66.0. The van der Waals surface area contributed by atoms with Crippen molar-refractivity contribution in [1.82, 2.24) is 111 Å². The molecule has 0 unspecified atom stereocenters. The Hall–Kier alpha value is -11.8. The second-order valence-electron chi connectivity index (χ2n) is 32.2. The van der Waals surface area contributed by atoms with Crippen molar-refractivity contribution in [3.05, 3.63) is 167 Å². The number of pyridine rings is 4. The Morgan fingerprint density at radius 3 is 1.07 bits per heavy atom. The van der Waals surface area contributed by atoms with Gasteiger partial charge in [-0.2, -0.15) is 52.7 Å². The molecule has 4 atom stereocenters. The molecular weight excluding hydrogens is 2020 g/mol. The van der Waals surface area contributed by atoms with Gasteiger partial charge in [0, 0.05) is 175 Å². The van der Waals surface area contributed by atoms with E-state index < -0.39 is 124 Å². The molecular formula is C85H78Cl4F14N26O6S4. The summed E-state index contributed by atoms with van der Waals surface area (Å²) in [6.07, 6.45) is 3.36. The first kappa shape index (κ1) is 102. The minimum atomic E-state index is -4.57. The first-order valence-corrected chi connectivity index (χ1v) is 47.5. The van der Waals surface area contributed by atoms with Gasteiger partial charge in [-0.05, 0) is 74.2 Å². The highest BCUT2D eigenvalue weighted by molar-refractivity contribution is 8.21. The van der Waals surface area contributed by atoms with Crippen LogP contribution in [0.4, 0.5) is 84.7 Å². The van der Waals surface area contributed by atoms with Gasteiger partial charge < -0.3 is 70.6 Å². The largest absolute Gasteiger partial charge is 0.405 e. The Kier molecular flexibility index (Phi) is 30.9. The number of hydrogen-bond acceptors (Lipinski definition) is 26. The zero-order chi connectivity index (χ0) is 99.4. The molecule has 6 fully saturated rings. The highest BCUT2D eigenvalue weighted by Crippen LogP contribution is 2.54. The van der Waals surface area contributed by atoms with Gasteiger partial charge >= 0.3 is 24.7 Å². The third-order valence-electron chi connectivity index (χ3n) is 22.3. The van der Waals surface area contributed by atoms with Gasteiger partial charge in [0.05, 0.1) is 53.7 Å². The summed E-state index contributed by atoms with van der Waals surface area (Å²) in [4.78, 5) is 148. The number of amides is 6. The Morgan fingerprint density at radius 1 is 0.432 bits per heavy atom. The van der Waals surface area contributed by atoms with Gasteiger partial charge in [-0.15, -0.1) is 47.0 Å². The maximum Gasteiger partial charge on any atom is 0.405 e. The van der Waals surface area contributed by atoms with E-state index >= 15 is 4.39 Å². The van der Waals surface area contributed by atoms with Crippen molar-refractivity contribution in [2.45, 2.75) is 90.1 Å². The molecule has 18 heterocycles. The number of thioether (sulfide) groups is 4. The highest BCUT2D eigenvalue weighted by Gasteiger charge is 2.53. The molecule has 734 valence electrons. The summed E-state index contributed by atoms with van der Waals surface area (Å²) in [6.45, 7) is 2.24. The van der Waals surface area contributed by atoms with E-state index in [9.17, 15) is 85.8 Å². The van der Waals surface area contributed by atoms with Crippen molar-refractivity contribution in [2.75, 3.05) is 121 Å². The first-order valence-electron chi connectivity index (χ1n) is 42.0. The van der Waals surface area contributed by atoms with Crippen LogP contribution in [0.2, 0.25) is 20.1 Å². The summed E-state index contributed by atoms with van der Waals surface area (Å²) >= 11 is 30.9. The molecule has 6 aliphatic rings. The summed E-state index contributed by atoms with van der Waals surface area (Å²) in [5.74, 6) is -0.820. The molecule has 18 rings (SSSR count). The van der Waals surface area contributed by atoms with Crippen molar-refractivity contribution in [2.24, 2.45) is 0 Å². The minimum Gasteiger partial charge on any atom is -0.345 e. The van der Waals surface area contributed by atoms with Crippen LogP contribution in [0, 0.1) is 11.6 Å². The lowest BCUT2D eigenvalue weighted by atomic mass is 10.1. The van der Waals surface area contributed by atoms with Crippen LogP contribution >= 0.6 is 93.5 Å². The van der Waals surface area contributed by atoms with Gasteiger partial charge in [0.1, 0.15) is 84.6 Å². The van der Waals surface area contributed by atoms with Gasteiger partial charge in [-0.1, -0.05) is 58.6 Å². The molecule has 6 aliphatic heterocycles. The predicted octanol–water partition coefficient (Wildman–Crippen LogP) is 14.8. The fraction of sp³-hybridized carbons (Fsp3) is 0.365. The number of anilines is 4. The zero-order valence-electron chi connectivity index (χ0n) is 72.4. The number of rotatable bonds is 18. The van der Waals surface area contributed by atoms with Crippen molar-refractivity contribution >= 4 is 196 Å². The molecule has 54 heteroatoms. The highest BCUT2D eigenvalue weighted by atomic mass is 35.5. The second kappa shape index (κ2) is 42.3. The SMILES string of the molecule is C=CC(=O)N1CCN(c2ccnc(-c3c[nH]c4ncc(Cl)cc34)n2)[C@@H](C(=O)NCC(F)(F)F)C1.CC(C)=CC(=O)N1CCN(c2ccnc(-c3c[nH]c4ncc(Cl)cc34)n2)[C@@H](C(=O)NCC(F)(F)F)C1.O=C(NCC(F)(F)F)[C@H]1CC2(CN1c1nc(-c3c[nH]c4ncc(Cl)cc34)ncc1F)SCCCS2.O=C(NCC(F)(F)F)[C@H]1CC2(CN1c1nc(-c3c[nH]c4ncc(Cl)cc34)ncc1F)SCCS2. The molecule has 0 radical (unpaired) electrons. The van der Waals surface area contributed by atoms with Crippen molar-refractivity contribution in [3.63, 3.8) is 0 Å². The van der Waals surface area contributed by atoms with Gasteiger partial charge in [-0.25, -0.2) is 68.6 Å². The molecule has 6 saturated heterocycles. The van der Waals surface area contributed by atoms with Crippen LogP contribution in [0.25, 0.3) is 89.7 Å². The number of H-pyrrole nitrogens is 4. The number of hydrogen-bond donors (Lipinski definition) is 8. The topological polar surface area (TPSA) is 388 Å². The van der Waals surface area contributed by atoms with Crippen LogP contribution < -0.4 is 40.9 Å². The van der Waals surface area contributed by atoms with E-state index in [2.05, 4.69) is 86.3 Å². The van der Waals surface area contributed by atoms with Crippen LogP contribution in [0.1, 0.15) is 33.1 Å². The van der Waals surface area contributed by atoms with Crippen LogP contribution in [0.3, 0.4) is 0 Å². The molecule has 0 aromatic carbocycles. The molecule has 8 N–H and O–H groups in total. The quantitative estimate of drug-likeness (QED) is 0.0292. The van der Waals surface area contributed by atoms with E-state index in [-0.39, 0.29) is 94.4 Å². The van der Waals surface area contributed by atoms with Gasteiger partial charge in [-0.3, -0.25) is 28.8 Å². The number of nitrogens with one attached hydrogen (secondary N) is 8. The lowest BCUT2D eigenvalue weighted by Crippen LogP contribution is -2.61. The smallest absolute Gasteiger partial charge is 0.345 e. The molecule has 2 spiro atoms. The molecule has 0 bridgehead atoms. The molecule has 12 aromatic heterocycles. The summed E-state index contributed by atoms with van der Waals surface area (Å²) in [5.41, 5.74) is 5.31. The normalized spacial score (nSPS) is 18.2. The van der Waals surface area contributed by atoms with Crippen LogP contribution in [0.5, 0.6) is 0 Å². The Balaban J connectivity index is 0.000000140. The summed E-state index contributed by atoms with van der Waals surface area (Å²) in [5, 5.41) is 12.0. The Morgan fingerprint density at radius 2 is 0.748 bits per heavy atom. The third kappa shape index (κ3) is 24.6. The van der Waals surface area contributed by atoms with Gasteiger partial charge in [0.15, 0.2) is 46.6 Å². The number of carbonyl (C=O) groups is 6. The number of alkyl halides is 12. The van der Waals surface area contributed by atoms with Gasteiger partial charge in [0.2, 0.25) is 35.4 Å². The Labute approximate surface area is 815 Å². The number of fused-ring (bicyclic) bond motifs is 4. The number of aromatic nitrogens is 16. The fourth-order valence-electron chi connectivity index (χ4n) is 16.1. The van der Waals surface area contributed by atoms with Crippen molar-refractivity contribution in [1.29, 1.82) is 0 Å². The van der Waals surface area contributed by atoms with Crippen LogP contribution in [-0.2, 0) is 28.8 Å². The van der Waals surface area contributed by atoms with Crippen molar-refractivity contribution < 1.29 is 90.2 Å². The number of allylic oxidation sites excluding steroid dienone is 1. The van der Waals surface area contributed by atoms with Gasteiger partial charge in [0.25, 0.3) is 0 Å². The Bertz CT molecular complexity index is 6640. The van der Waals surface area contributed by atoms with E-state index in [0.29, 0.717) is 110 Å². The average Bonchev–Trinajstić information content (AvgIpc) is 1.61. The van der Waals surface area contributed by atoms with E-state index in [1.807, 2.05) is 21.3 Å².